The fraction of sp³-hybridized carbons (Fsp3) is 0.333. The highest BCUT2D eigenvalue weighted by atomic mass is 19.4. The second kappa shape index (κ2) is 6.93. The summed E-state index contributed by atoms with van der Waals surface area (Å²) in [5.74, 6) is -3.17. The average Bonchev–Trinajstić information content (AvgIpc) is 2.36. The van der Waals surface area contributed by atoms with Crippen molar-refractivity contribution in [1.29, 1.82) is 5.26 Å². The van der Waals surface area contributed by atoms with Crippen LogP contribution < -0.4 is 9.47 Å². The van der Waals surface area contributed by atoms with Crippen LogP contribution in [0.2, 0.25) is 0 Å². The Bertz CT molecular complexity index is 594. The van der Waals surface area contributed by atoms with Gasteiger partial charge in [0.2, 0.25) is 0 Å². The summed E-state index contributed by atoms with van der Waals surface area (Å²) in [5, 5.41) is 8.80. The summed E-state index contributed by atoms with van der Waals surface area (Å²) in [6.45, 7) is -2.12. The van der Waals surface area contributed by atoms with E-state index in [0.717, 1.165) is 0 Å². The van der Waals surface area contributed by atoms with Crippen LogP contribution in [0.1, 0.15) is 22.8 Å². The molecule has 0 spiro atoms. The zero-order chi connectivity index (χ0) is 16.9. The van der Waals surface area contributed by atoms with Crippen LogP contribution in [0.3, 0.4) is 0 Å². The Labute approximate surface area is 120 Å². The van der Waals surface area contributed by atoms with Gasteiger partial charge in [-0.3, -0.25) is 0 Å². The van der Waals surface area contributed by atoms with Crippen molar-refractivity contribution in [2.24, 2.45) is 0 Å². The Hall–Kier alpha value is -2.57. The Balaban J connectivity index is 3.40. The van der Waals surface area contributed by atoms with Gasteiger partial charge in [0.1, 0.15) is 23.1 Å². The van der Waals surface area contributed by atoms with E-state index in [1.165, 1.54) is 13.0 Å². The van der Waals surface area contributed by atoms with E-state index in [1.54, 1.807) is 0 Å². The Morgan fingerprint density at radius 3 is 2.41 bits per heavy atom. The lowest BCUT2D eigenvalue weighted by Gasteiger charge is -2.15. The number of benzene rings is 1. The maximum absolute atomic E-state index is 12.3. The molecular weight excluding hydrogens is 317 g/mol. The van der Waals surface area contributed by atoms with E-state index in [0.29, 0.717) is 12.1 Å². The van der Waals surface area contributed by atoms with Crippen LogP contribution >= 0.6 is 0 Å². The first kappa shape index (κ1) is 17.5. The summed E-state index contributed by atoms with van der Waals surface area (Å²) < 4.78 is 73.4. The first-order valence-corrected chi connectivity index (χ1v) is 5.63. The molecule has 0 saturated carbocycles. The number of carbonyl (C=O) groups is 1. The molecule has 120 valence electrons. The van der Waals surface area contributed by atoms with Crippen molar-refractivity contribution in [3.05, 3.63) is 23.3 Å². The van der Waals surface area contributed by atoms with Gasteiger partial charge in [-0.15, -0.1) is 13.2 Å². The number of carbonyl (C=O) groups excluding carboxylic acids is 1. The van der Waals surface area contributed by atoms with Gasteiger partial charge in [-0.1, -0.05) is 0 Å². The van der Waals surface area contributed by atoms with Gasteiger partial charge < -0.3 is 14.2 Å². The van der Waals surface area contributed by atoms with Gasteiger partial charge in [-0.2, -0.15) is 14.0 Å². The average molecular weight is 325 g/mol. The van der Waals surface area contributed by atoms with Crippen molar-refractivity contribution in [2.75, 3.05) is 6.61 Å². The minimum atomic E-state index is -5.18. The fourth-order valence-electron chi connectivity index (χ4n) is 1.42. The van der Waals surface area contributed by atoms with Crippen LogP contribution in [0.15, 0.2) is 12.1 Å². The fourth-order valence-corrected chi connectivity index (χ4v) is 1.42. The minimum absolute atomic E-state index is 0.151. The van der Waals surface area contributed by atoms with E-state index < -0.39 is 41.6 Å². The minimum Gasteiger partial charge on any atom is -0.462 e. The molecule has 0 radical (unpaired) electrons. The summed E-state index contributed by atoms with van der Waals surface area (Å²) in [6, 6.07) is 2.43. The predicted octanol–water partition coefficient (Wildman–Crippen LogP) is 3.23. The summed E-state index contributed by atoms with van der Waals surface area (Å²) in [4.78, 5) is 11.6. The molecule has 0 aliphatic rings. The van der Waals surface area contributed by atoms with Crippen LogP contribution in [0.5, 0.6) is 11.5 Å². The third kappa shape index (κ3) is 4.76. The van der Waals surface area contributed by atoms with Crippen LogP contribution in [0.25, 0.3) is 0 Å². The Morgan fingerprint density at radius 1 is 1.32 bits per heavy atom. The van der Waals surface area contributed by atoms with E-state index in [4.69, 9.17) is 5.26 Å². The molecule has 0 aliphatic carbocycles. The SMILES string of the molecule is CCOC(=O)c1cc(C#N)c(OC(F)F)cc1OC(F)(F)F. The third-order valence-electron chi connectivity index (χ3n) is 2.14. The number of alkyl halides is 5. The molecule has 0 fully saturated rings. The number of nitrogens with zero attached hydrogens (tertiary/aromatic N) is 1. The van der Waals surface area contributed by atoms with Crippen molar-refractivity contribution >= 4 is 5.97 Å². The highest BCUT2D eigenvalue weighted by Gasteiger charge is 2.34. The molecule has 10 heteroatoms. The van der Waals surface area contributed by atoms with Gasteiger partial charge in [0.25, 0.3) is 0 Å². The zero-order valence-corrected chi connectivity index (χ0v) is 10.9. The smallest absolute Gasteiger partial charge is 0.462 e. The molecule has 5 nitrogen and oxygen atoms in total. The lowest BCUT2D eigenvalue weighted by Crippen LogP contribution is -2.20. The van der Waals surface area contributed by atoms with Gasteiger partial charge >= 0.3 is 18.9 Å². The number of rotatable bonds is 5. The molecule has 0 atom stereocenters. The van der Waals surface area contributed by atoms with Crippen molar-refractivity contribution in [3.63, 3.8) is 0 Å². The molecule has 22 heavy (non-hydrogen) atoms. The van der Waals surface area contributed by atoms with E-state index in [9.17, 15) is 26.7 Å². The van der Waals surface area contributed by atoms with Gasteiger partial charge in [0.15, 0.2) is 0 Å². The standard InChI is InChI=1S/C12H8F5NO4/c1-2-20-10(19)7-3-6(5-18)8(21-11(13)14)4-9(7)22-12(15,16)17/h3-4,11H,2H2,1H3. The van der Waals surface area contributed by atoms with E-state index in [1.807, 2.05) is 0 Å². The second-order valence-corrected chi connectivity index (χ2v) is 3.60. The van der Waals surface area contributed by atoms with Gasteiger partial charge in [0.05, 0.1) is 12.2 Å². The van der Waals surface area contributed by atoms with Crippen LogP contribution in [-0.4, -0.2) is 25.6 Å². The zero-order valence-electron chi connectivity index (χ0n) is 10.9. The van der Waals surface area contributed by atoms with Crippen LogP contribution in [0.4, 0.5) is 22.0 Å². The highest BCUT2D eigenvalue weighted by Crippen LogP contribution is 2.34. The van der Waals surface area contributed by atoms with Crippen molar-refractivity contribution in [1.82, 2.24) is 0 Å². The van der Waals surface area contributed by atoms with E-state index >= 15 is 0 Å². The highest BCUT2D eigenvalue weighted by molar-refractivity contribution is 5.93. The largest absolute Gasteiger partial charge is 0.573 e. The molecule has 0 unspecified atom stereocenters. The molecule has 0 aliphatic heterocycles. The maximum atomic E-state index is 12.3. The molecule has 0 N–H and O–H groups in total. The van der Waals surface area contributed by atoms with Gasteiger partial charge in [0, 0.05) is 6.07 Å². The number of esters is 1. The Morgan fingerprint density at radius 2 is 1.95 bits per heavy atom. The topological polar surface area (TPSA) is 68.6 Å². The molecule has 1 aromatic rings. The van der Waals surface area contributed by atoms with E-state index in [2.05, 4.69) is 14.2 Å². The van der Waals surface area contributed by atoms with E-state index in [-0.39, 0.29) is 6.61 Å². The number of hydrogen-bond donors (Lipinski definition) is 0. The van der Waals surface area contributed by atoms with Crippen molar-refractivity contribution < 1.29 is 41.0 Å². The molecule has 0 saturated heterocycles. The molecule has 0 aromatic heterocycles. The predicted molar refractivity (Wildman–Crippen MR) is 60.4 cm³/mol. The lowest BCUT2D eigenvalue weighted by molar-refractivity contribution is -0.274. The first-order chi connectivity index (χ1) is 10.2. The van der Waals surface area contributed by atoms with Crippen LogP contribution in [-0.2, 0) is 4.74 Å². The maximum Gasteiger partial charge on any atom is 0.573 e. The normalized spacial score (nSPS) is 11.0. The van der Waals surface area contributed by atoms with Gasteiger partial charge in [-0.05, 0) is 13.0 Å². The van der Waals surface area contributed by atoms with Crippen molar-refractivity contribution in [3.8, 4) is 17.6 Å². The summed E-state index contributed by atoms with van der Waals surface area (Å²) in [5.41, 5.74) is -1.31. The number of nitriles is 1. The van der Waals surface area contributed by atoms with Gasteiger partial charge in [-0.25, -0.2) is 4.79 Å². The molecule has 0 bridgehead atoms. The molecular formula is C12H8F5NO4. The van der Waals surface area contributed by atoms with Crippen molar-refractivity contribution in [2.45, 2.75) is 19.9 Å². The summed E-state index contributed by atoms with van der Waals surface area (Å²) >= 11 is 0. The lowest BCUT2D eigenvalue weighted by atomic mass is 10.1. The molecule has 0 heterocycles. The Kier molecular flexibility index (Phi) is 5.50. The first-order valence-electron chi connectivity index (χ1n) is 5.63. The number of halogens is 5. The third-order valence-corrected chi connectivity index (χ3v) is 2.14. The number of hydrogen-bond acceptors (Lipinski definition) is 5. The summed E-state index contributed by atoms with van der Waals surface area (Å²) in [7, 11) is 0. The van der Waals surface area contributed by atoms with Crippen LogP contribution in [0, 0.1) is 11.3 Å². The number of ether oxygens (including phenoxy) is 3. The summed E-state index contributed by atoms with van der Waals surface area (Å²) in [6.07, 6.45) is -5.18. The molecule has 1 rings (SSSR count). The molecule has 1 aromatic carbocycles. The second-order valence-electron chi connectivity index (χ2n) is 3.60. The quantitative estimate of drug-likeness (QED) is 0.614. The molecule has 0 amide bonds. The monoisotopic (exact) mass is 325 g/mol.